The summed E-state index contributed by atoms with van der Waals surface area (Å²) in [5.74, 6) is 1.72. The van der Waals surface area contributed by atoms with Crippen molar-refractivity contribution in [1.82, 2.24) is 23.6 Å². The number of hydrogen-bond donors (Lipinski definition) is 0. The number of aryl methyl sites for hydroxylation is 2. The van der Waals surface area contributed by atoms with Crippen molar-refractivity contribution < 1.29 is 9.47 Å². The van der Waals surface area contributed by atoms with Gasteiger partial charge in [-0.3, -0.25) is 18.8 Å². The van der Waals surface area contributed by atoms with E-state index in [1.54, 1.807) is 25.0 Å². The first-order chi connectivity index (χ1) is 16.9. The number of ether oxygens (including phenoxy) is 2. The second kappa shape index (κ2) is 8.26. The average Bonchev–Trinajstić information content (AvgIpc) is 3.49. The van der Waals surface area contributed by atoms with Crippen LogP contribution in [0.1, 0.15) is 56.2 Å². The van der Waals surface area contributed by atoms with Crippen LogP contribution in [0.15, 0.2) is 28.0 Å². The minimum Gasteiger partial charge on any atom is -0.486 e. The Bertz CT molecular complexity index is 1410. The molecule has 1 saturated carbocycles. The summed E-state index contributed by atoms with van der Waals surface area (Å²) in [7, 11) is 3.46. The Morgan fingerprint density at radius 1 is 1.06 bits per heavy atom. The lowest BCUT2D eigenvalue weighted by atomic mass is 9.71. The monoisotopic (exact) mass is 479 g/mol. The van der Waals surface area contributed by atoms with E-state index in [0.717, 1.165) is 31.0 Å². The van der Waals surface area contributed by atoms with E-state index >= 15 is 0 Å². The summed E-state index contributed by atoms with van der Waals surface area (Å²) in [6.45, 7) is 5.63. The SMILES string of the molecule is CC1c2cc3c(cc2C2(CCCC2)CN1CCCn1c(=O)c2c(ncn2C)n(C)c1=O)OCCO3. The lowest BCUT2D eigenvalue weighted by Gasteiger charge is -2.46. The Labute approximate surface area is 203 Å². The van der Waals surface area contributed by atoms with E-state index in [1.807, 2.05) is 0 Å². The molecule has 3 aromatic rings. The zero-order chi connectivity index (χ0) is 24.3. The molecular weight excluding hydrogens is 446 g/mol. The van der Waals surface area contributed by atoms with Crippen LogP contribution < -0.4 is 20.7 Å². The molecule has 186 valence electrons. The van der Waals surface area contributed by atoms with Crippen LogP contribution in [0.4, 0.5) is 0 Å². The summed E-state index contributed by atoms with van der Waals surface area (Å²) < 4.78 is 16.4. The molecule has 2 aliphatic heterocycles. The van der Waals surface area contributed by atoms with Crippen molar-refractivity contribution in [2.24, 2.45) is 14.1 Å². The molecule has 0 N–H and O–H groups in total. The smallest absolute Gasteiger partial charge is 0.332 e. The van der Waals surface area contributed by atoms with Crippen molar-refractivity contribution in [3.05, 3.63) is 50.4 Å². The summed E-state index contributed by atoms with van der Waals surface area (Å²) in [6.07, 6.45) is 7.15. The quantitative estimate of drug-likeness (QED) is 0.572. The third-order valence-electron chi connectivity index (χ3n) is 8.38. The first-order valence-electron chi connectivity index (χ1n) is 12.7. The van der Waals surface area contributed by atoms with Gasteiger partial charge in [-0.25, -0.2) is 9.78 Å². The minimum atomic E-state index is -0.311. The highest BCUT2D eigenvalue weighted by Crippen LogP contribution is 2.51. The Hall–Kier alpha value is -3.07. The van der Waals surface area contributed by atoms with Crippen molar-refractivity contribution in [2.45, 2.75) is 57.0 Å². The zero-order valence-corrected chi connectivity index (χ0v) is 20.7. The van der Waals surface area contributed by atoms with Crippen LogP contribution in [0.3, 0.4) is 0 Å². The lowest BCUT2D eigenvalue weighted by molar-refractivity contribution is 0.129. The molecule has 9 nitrogen and oxygen atoms in total. The second-order valence-corrected chi connectivity index (χ2v) is 10.4. The molecule has 9 heteroatoms. The van der Waals surface area contributed by atoms with Crippen LogP contribution in [-0.2, 0) is 26.1 Å². The minimum absolute atomic E-state index is 0.137. The van der Waals surface area contributed by atoms with Crippen molar-refractivity contribution in [2.75, 3.05) is 26.3 Å². The molecule has 3 aliphatic rings. The molecule has 4 heterocycles. The Balaban J connectivity index is 1.28. The molecule has 1 aliphatic carbocycles. The molecule has 1 spiro atoms. The lowest BCUT2D eigenvalue weighted by Crippen LogP contribution is -2.47. The van der Waals surface area contributed by atoms with Gasteiger partial charge in [-0.15, -0.1) is 0 Å². The molecular formula is C26H33N5O4. The second-order valence-electron chi connectivity index (χ2n) is 10.4. The number of benzene rings is 1. The molecule has 0 saturated heterocycles. The fourth-order valence-corrected chi connectivity index (χ4v) is 6.49. The van der Waals surface area contributed by atoms with Crippen molar-refractivity contribution >= 4 is 11.2 Å². The standard InChI is InChI=1S/C26H33N5O4/c1-17-18-13-20-21(35-12-11-34-20)14-19(18)26(7-4-5-8-26)15-30(17)9-6-10-31-24(32)22-23(27-16-28(22)2)29(3)25(31)33/h13-14,16-17H,4-12,15H2,1-3H3. The summed E-state index contributed by atoms with van der Waals surface area (Å²) >= 11 is 0. The van der Waals surface area contributed by atoms with E-state index in [1.165, 1.54) is 45.9 Å². The van der Waals surface area contributed by atoms with Crippen LogP contribution in [0.2, 0.25) is 0 Å². The van der Waals surface area contributed by atoms with E-state index in [2.05, 4.69) is 28.9 Å². The topological polar surface area (TPSA) is 83.5 Å². The van der Waals surface area contributed by atoms with Crippen molar-refractivity contribution in [3.63, 3.8) is 0 Å². The zero-order valence-electron chi connectivity index (χ0n) is 20.7. The Morgan fingerprint density at radius 2 is 1.77 bits per heavy atom. The first kappa shape index (κ1) is 22.4. The molecule has 1 atom stereocenters. The Kier molecular flexibility index (Phi) is 5.28. The predicted molar refractivity (Wildman–Crippen MR) is 132 cm³/mol. The van der Waals surface area contributed by atoms with Gasteiger partial charge in [0.15, 0.2) is 22.7 Å². The summed E-state index contributed by atoms with van der Waals surface area (Å²) in [5, 5.41) is 0. The predicted octanol–water partition coefficient (Wildman–Crippen LogP) is 2.48. The highest BCUT2D eigenvalue weighted by molar-refractivity contribution is 5.69. The number of nitrogens with zero attached hydrogens (tertiary/aromatic N) is 5. The molecule has 0 radical (unpaired) electrons. The summed E-state index contributed by atoms with van der Waals surface area (Å²) in [4.78, 5) is 32.7. The van der Waals surface area contributed by atoms with Crippen LogP contribution in [0.25, 0.3) is 11.2 Å². The van der Waals surface area contributed by atoms with Gasteiger partial charge in [0.05, 0.1) is 6.33 Å². The van der Waals surface area contributed by atoms with Crippen LogP contribution in [0.5, 0.6) is 11.5 Å². The van der Waals surface area contributed by atoms with E-state index in [4.69, 9.17) is 9.47 Å². The molecule has 1 fully saturated rings. The van der Waals surface area contributed by atoms with Gasteiger partial charge in [0.1, 0.15) is 13.2 Å². The molecule has 0 amide bonds. The van der Waals surface area contributed by atoms with Crippen molar-refractivity contribution in [3.8, 4) is 11.5 Å². The van der Waals surface area contributed by atoms with Gasteiger partial charge in [-0.1, -0.05) is 12.8 Å². The van der Waals surface area contributed by atoms with Gasteiger partial charge in [-0.05, 0) is 49.4 Å². The molecule has 2 aromatic heterocycles. The number of fused-ring (bicyclic) bond motifs is 4. The van der Waals surface area contributed by atoms with Gasteiger partial charge < -0.3 is 14.0 Å². The maximum Gasteiger partial charge on any atom is 0.332 e. The van der Waals surface area contributed by atoms with Gasteiger partial charge in [0.25, 0.3) is 5.56 Å². The largest absolute Gasteiger partial charge is 0.486 e. The number of imidazole rings is 1. The average molecular weight is 480 g/mol. The van der Waals surface area contributed by atoms with E-state index < -0.39 is 0 Å². The van der Waals surface area contributed by atoms with Gasteiger partial charge >= 0.3 is 5.69 Å². The maximum atomic E-state index is 13.1. The summed E-state index contributed by atoms with van der Waals surface area (Å²) in [6, 6.07) is 4.67. The number of hydrogen-bond acceptors (Lipinski definition) is 6. The van der Waals surface area contributed by atoms with E-state index in [-0.39, 0.29) is 22.7 Å². The molecule has 1 unspecified atom stereocenters. The van der Waals surface area contributed by atoms with Crippen LogP contribution in [-0.4, -0.2) is 49.9 Å². The maximum absolute atomic E-state index is 13.1. The fraction of sp³-hybridized carbons (Fsp3) is 0.577. The van der Waals surface area contributed by atoms with Crippen molar-refractivity contribution in [1.29, 1.82) is 0 Å². The van der Waals surface area contributed by atoms with E-state index in [9.17, 15) is 9.59 Å². The highest BCUT2D eigenvalue weighted by atomic mass is 16.6. The van der Waals surface area contributed by atoms with Crippen LogP contribution in [0, 0.1) is 0 Å². The molecule has 1 aromatic carbocycles. The third kappa shape index (κ3) is 3.43. The number of rotatable bonds is 4. The highest BCUT2D eigenvalue weighted by Gasteiger charge is 2.44. The normalized spacial score (nSPS) is 21.1. The van der Waals surface area contributed by atoms with Gasteiger partial charge in [-0.2, -0.15) is 0 Å². The fourth-order valence-electron chi connectivity index (χ4n) is 6.49. The van der Waals surface area contributed by atoms with Gasteiger partial charge in [0, 0.05) is 45.2 Å². The first-order valence-corrected chi connectivity index (χ1v) is 12.7. The Morgan fingerprint density at radius 3 is 2.51 bits per heavy atom. The third-order valence-corrected chi connectivity index (χ3v) is 8.38. The molecule has 6 rings (SSSR count). The van der Waals surface area contributed by atoms with Crippen LogP contribution >= 0.6 is 0 Å². The molecule has 0 bridgehead atoms. The summed E-state index contributed by atoms with van der Waals surface area (Å²) in [5.41, 5.74) is 3.20. The molecule has 35 heavy (non-hydrogen) atoms. The number of aromatic nitrogens is 4. The van der Waals surface area contributed by atoms with E-state index in [0.29, 0.717) is 30.9 Å². The van der Waals surface area contributed by atoms with Gasteiger partial charge in [0.2, 0.25) is 0 Å².